The van der Waals surface area contributed by atoms with Crippen LogP contribution < -0.4 is 14.8 Å². The molecule has 14 heteroatoms. The molecule has 1 aliphatic rings. The summed E-state index contributed by atoms with van der Waals surface area (Å²) < 4.78 is 27.6. The zero-order valence-corrected chi connectivity index (χ0v) is 27.4. The second kappa shape index (κ2) is 15.7. The molecule has 2 unspecified atom stereocenters. The number of ether oxygens (including phenoxy) is 5. The van der Waals surface area contributed by atoms with Crippen LogP contribution in [0.2, 0.25) is 10.0 Å². The number of carbonyl (C=O) groups is 5. The third kappa shape index (κ3) is 8.57. The lowest BCUT2D eigenvalue weighted by molar-refractivity contribution is -0.176. The molecule has 1 fully saturated rings. The van der Waals surface area contributed by atoms with Crippen LogP contribution in [0.1, 0.15) is 47.2 Å². The first-order valence-electron chi connectivity index (χ1n) is 14.5. The van der Waals surface area contributed by atoms with E-state index in [0.717, 1.165) is 5.56 Å². The summed E-state index contributed by atoms with van der Waals surface area (Å²) in [5.41, 5.74) is 0.150. The molecule has 1 amide bonds. The van der Waals surface area contributed by atoms with E-state index in [1.54, 1.807) is 38.1 Å². The number of cyclic esters (lactones) is 2. The van der Waals surface area contributed by atoms with E-state index in [4.69, 9.17) is 46.9 Å². The van der Waals surface area contributed by atoms with Crippen LogP contribution in [0.4, 0.5) is 0 Å². The maximum absolute atomic E-state index is 13.5. The second-order valence-electron chi connectivity index (χ2n) is 10.8. The Morgan fingerprint density at radius 2 is 1.68 bits per heavy atom. The van der Waals surface area contributed by atoms with Crippen molar-refractivity contribution >= 4 is 53.0 Å². The first-order valence-corrected chi connectivity index (χ1v) is 15.3. The number of carbonyl (C=O) groups excluding carboxylic acids is 5. The number of rotatable bonds is 9. The predicted octanol–water partition coefficient (Wildman–Crippen LogP) is 4.63. The second-order valence-corrected chi connectivity index (χ2v) is 11.6. The van der Waals surface area contributed by atoms with Gasteiger partial charge in [0.1, 0.15) is 18.6 Å². The molecule has 2 aromatic carbocycles. The first-order chi connectivity index (χ1) is 22.4. The number of esters is 4. The van der Waals surface area contributed by atoms with E-state index >= 15 is 0 Å². The topological polar surface area (TPSA) is 156 Å². The molecule has 0 radical (unpaired) electrons. The van der Waals surface area contributed by atoms with Gasteiger partial charge in [0.25, 0.3) is 5.91 Å². The van der Waals surface area contributed by atoms with Gasteiger partial charge in [-0.05, 0) is 31.0 Å². The molecule has 2 heterocycles. The smallest absolute Gasteiger partial charge is 0.346 e. The number of halogens is 2. The molecular weight excluding hydrogens is 655 g/mol. The van der Waals surface area contributed by atoms with Crippen molar-refractivity contribution in [1.82, 2.24) is 10.3 Å². The number of pyridine rings is 1. The molecule has 1 aliphatic heterocycles. The highest BCUT2D eigenvalue weighted by Crippen LogP contribution is 2.33. The van der Waals surface area contributed by atoms with Gasteiger partial charge in [-0.15, -0.1) is 0 Å². The van der Waals surface area contributed by atoms with Gasteiger partial charge < -0.3 is 29.0 Å². The number of aromatic nitrogens is 1. The van der Waals surface area contributed by atoms with Crippen molar-refractivity contribution in [2.45, 2.75) is 45.4 Å². The van der Waals surface area contributed by atoms with Crippen LogP contribution in [0.5, 0.6) is 11.5 Å². The highest BCUT2D eigenvalue weighted by molar-refractivity contribution is 6.39. The van der Waals surface area contributed by atoms with Crippen LogP contribution >= 0.6 is 23.2 Å². The Balaban J connectivity index is 1.61. The third-order valence-electron chi connectivity index (χ3n) is 7.13. The van der Waals surface area contributed by atoms with E-state index in [-0.39, 0.29) is 33.5 Å². The zero-order valence-electron chi connectivity index (χ0n) is 25.9. The predicted molar refractivity (Wildman–Crippen MR) is 168 cm³/mol. The number of amides is 1. The fourth-order valence-corrected chi connectivity index (χ4v) is 5.22. The highest BCUT2D eigenvalue weighted by atomic mass is 35.5. The molecule has 0 spiro atoms. The quantitative estimate of drug-likeness (QED) is 0.247. The van der Waals surface area contributed by atoms with Crippen LogP contribution in [-0.4, -0.2) is 66.7 Å². The zero-order chi connectivity index (χ0) is 34.2. The van der Waals surface area contributed by atoms with Crippen molar-refractivity contribution in [2.24, 2.45) is 11.8 Å². The summed E-state index contributed by atoms with van der Waals surface area (Å²) in [6.07, 6.45) is -0.972. The molecule has 4 rings (SSSR count). The van der Waals surface area contributed by atoms with Crippen LogP contribution in [0.15, 0.2) is 60.8 Å². The molecule has 3 aromatic rings. The van der Waals surface area contributed by atoms with Crippen molar-refractivity contribution < 1.29 is 47.7 Å². The third-order valence-corrected chi connectivity index (χ3v) is 7.76. The molecule has 4 atom stereocenters. The molecule has 1 N–H and O–H groups in total. The average molecular weight is 688 g/mol. The van der Waals surface area contributed by atoms with Crippen molar-refractivity contribution in [1.29, 1.82) is 0 Å². The number of hydrogen-bond acceptors (Lipinski definition) is 11. The average Bonchev–Trinajstić information content (AvgIpc) is 3.07. The Morgan fingerprint density at radius 3 is 2.32 bits per heavy atom. The highest BCUT2D eigenvalue weighted by Gasteiger charge is 2.42. The molecule has 0 bridgehead atoms. The molecule has 1 saturated heterocycles. The Morgan fingerprint density at radius 1 is 1.00 bits per heavy atom. The number of methoxy groups -OCH3 is 1. The number of hydrogen-bond donors (Lipinski definition) is 1. The molecule has 47 heavy (non-hydrogen) atoms. The van der Waals surface area contributed by atoms with E-state index in [0.29, 0.717) is 0 Å². The Bertz CT molecular complexity index is 1630. The van der Waals surface area contributed by atoms with E-state index < -0.39 is 72.2 Å². The first kappa shape index (κ1) is 35.2. The van der Waals surface area contributed by atoms with Gasteiger partial charge in [-0.25, -0.2) is 14.6 Å². The van der Waals surface area contributed by atoms with Crippen LogP contribution in [0.3, 0.4) is 0 Å². The van der Waals surface area contributed by atoms with Crippen LogP contribution in [0.25, 0.3) is 0 Å². The molecule has 12 nitrogen and oxygen atoms in total. The van der Waals surface area contributed by atoms with Gasteiger partial charge in [-0.3, -0.25) is 14.4 Å². The normalized spacial score (nSPS) is 19.7. The summed E-state index contributed by atoms with van der Waals surface area (Å²) in [7, 11) is 1.28. The number of nitrogens with one attached hydrogen (secondary N) is 1. The molecule has 0 saturated carbocycles. The van der Waals surface area contributed by atoms with E-state index in [2.05, 4.69) is 10.3 Å². The SMILES string of the molecule is COc1ccnc(C(=O)NC2COC(=O)[C@H](Cc3ccccc3)C(OC(=O)C(C)C)[C@H](C)OC2=O)c1OC(=O)c1c(Cl)cccc1Cl. The summed E-state index contributed by atoms with van der Waals surface area (Å²) in [6.45, 7) is 4.12. The van der Waals surface area contributed by atoms with Crippen LogP contribution in [0, 0.1) is 11.8 Å². The Labute approximate surface area is 280 Å². The molecule has 1 aromatic heterocycles. The number of nitrogens with zero attached hydrogens (tertiary/aromatic N) is 1. The lowest BCUT2D eigenvalue weighted by atomic mass is 9.91. The Kier molecular flexibility index (Phi) is 11.8. The fraction of sp³-hybridized carbons (Fsp3) is 0.333. The summed E-state index contributed by atoms with van der Waals surface area (Å²) in [6, 6.07) is 13.2. The molecule has 248 valence electrons. The standard InChI is InChI=1S/C33H32Cl2N2O10/c1-17(2)30(39)46-27-18(3)45-32(41)23(16-44-31(40)20(27)15-19-9-6-5-7-10-19)37-29(38)26-28(24(43-4)13-14-36-26)47-33(42)25-21(34)11-8-12-22(25)35/h5-14,17-18,20,23,27H,15-16H2,1-4H3,(H,37,38)/t18-,20+,23?,27?/m0/s1. The largest absolute Gasteiger partial charge is 0.493 e. The summed E-state index contributed by atoms with van der Waals surface area (Å²) in [5, 5.41) is 2.43. The van der Waals surface area contributed by atoms with Gasteiger partial charge in [0, 0.05) is 12.3 Å². The van der Waals surface area contributed by atoms with E-state index in [1.807, 2.05) is 6.07 Å². The summed E-state index contributed by atoms with van der Waals surface area (Å²) in [4.78, 5) is 70.1. The summed E-state index contributed by atoms with van der Waals surface area (Å²) in [5.74, 6) is -6.35. The molecular formula is C33H32Cl2N2O10. The Hall–Kier alpha value is -4.68. The van der Waals surface area contributed by atoms with Crippen molar-refractivity contribution in [3.63, 3.8) is 0 Å². The minimum Gasteiger partial charge on any atom is -0.493 e. The number of benzene rings is 2. The monoisotopic (exact) mass is 686 g/mol. The van der Waals surface area contributed by atoms with Gasteiger partial charge in [-0.2, -0.15) is 0 Å². The van der Waals surface area contributed by atoms with Crippen molar-refractivity contribution in [3.05, 3.63) is 87.7 Å². The minimum absolute atomic E-state index is 0.00331. The maximum atomic E-state index is 13.5. The van der Waals surface area contributed by atoms with Crippen molar-refractivity contribution in [3.8, 4) is 11.5 Å². The molecule has 0 aliphatic carbocycles. The van der Waals surface area contributed by atoms with Crippen molar-refractivity contribution in [2.75, 3.05) is 13.7 Å². The fourth-order valence-electron chi connectivity index (χ4n) is 4.67. The lowest BCUT2D eigenvalue weighted by Crippen LogP contribution is -2.47. The van der Waals surface area contributed by atoms with E-state index in [1.165, 1.54) is 44.5 Å². The maximum Gasteiger partial charge on any atom is 0.346 e. The van der Waals surface area contributed by atoms with Gasteiger partial charge in [0.15, 0.2) is 23.6 Å². The lowest BCUT2D eigenvalue weighted by Gasteiger charge is -2.29. The minimum atomic E-state index is -1.53. The van der Waals surface area contributed by atoms with Gasteiger partial charge >= 0.3 is 23.9 Å². The van der Waals surface area contributed by atoms with Gasteiger partial charge in [0.05, 0.1) is 28.6 Å². The summed E-state index contributed by atoms with van der Waals surface area (Å²) >= 11 is 12.3. The van der Waals surface area contributed by atoms with E-state index in [9.17, 15) is 24.0 Å². The van der Waals surface area contributed by atoms with Crippen LogP contribution in [-0.2, 0) is 35.0 Å². The van der Waals surface area contributed by atoms with Gasteiger partial charge in [-0.1, -0.05) is 73.4 Å². The van der Waals surface area contributed by atoms with Gasteiger partial charge in [0.2, 0.25) is 5.75 Å².